The minimum absolute atomic E-state index is 0.427. The lowest BCUT2D eigenvalue weighted by molar-refractivity contribution is -0.116. The summed E-state index contributed by atoms with van der Waals surface area (Å²) in [5.74, 6) is 1.49. The Kier molecular flexibility index (Phi) is 8.31. The van der Waals surface area contributed by atoms with Crippen molar-refractivity contribution >= 4 is 6.41 Å². The molecule has 28 heavy (non-hydrogen) atoms. The van der Waals surface area contributed by atoms with Gasteiger partial charge in [-0.1, -0.05) is 36.4 Å². The minimum atomic E-state index is 0.427. The summed E-state index contributed by atoms with van der Waals surface area (Å²) in [7, 11) is 1.63. The van der Waals surface area contributed by atoms with Crippen LogP contribution in [0.2, 0.25) is 0 Å². The Labute approximate surface area is 167 Å². The molecule has 5 nitrogen and oxygen atoms in total. The van der Waals surface area contributed by atoms with Gasteiger partial charge in [-0.3, -0.25) is 4.79 Å². The van der Waals surface area contributed by atoms with Crippen molar-refractivity contribution in [3.63, 3.8) is 0 Å². The molecule has 0 aromatic heterocycles. The van der Waals surface area contributed by atoms with Gasteiger partial charge in [-0.2, -0.15) is 0 Å². The van der Waals surface area contributed by atoms with Gasteiger partial charge in [0, 0.05) is 12.2 Å². The zero-order chi connectivity index (χ0) is 20.4. The summed E-state index contributed by atoms with van der Waals surface area (Å²) in [6.45, 7) is 5.17. The molecule has 0 saturated carbocycles. The number of rotatable bonds is 10. The van der Waals surface area contributed by atoms with Crippen molar-refractivity contribution in [2.75, 3.05) is 7.11 Å². The van der Waals surface area contributed by atoms with Crippen molar-refractivity contribution in [3.8, 4) is 5.75 Å². The lowest BCUT2D eigenvalue weighted by Gasteiger charge is -2.19. The highest BCUT2D eigenvalue weighted by atomic mass is 16.5. The van der Waals surface area contributed by atoms with Gasteiger partial charge in [-0.05, 0) is 54.8 Å². The minimum Gasteiger partial charge on any atom is -0.497 e. The highest BCUT2D eigenvalue weighted by Crippen LogP contribution is 2.17. The van der Waals surface area contributed by atoms with Gasteiger partial charge in [0.15, 0.2) is 0 Å². The number of carbonyl (C=O) groups excluding carboxylic acids is 1. The quantitative estimate of drug-likeness (QED) is 0.382. The monoisotopic (exact) mass is 380 g/mol. The van der Waals surface area contributed by atoms with E-state index in [1.807, 2.05) is 74.5 Å². The van der Waals surface area contributed by atoms with Crippen LogP contribution >= 0.6 is 0 Å². The fourth-order valence-electron chi connectivity index (χ4n) is 2.73. The third-order valence-corrected chi connectivity index (χ3v) is 4.46. The first kappa shape index (κ1) is 21.3. The Morgan fingerprint density at radius 1 is 1.11 bits per heavy atom. The largest absolute Gasteiger partial charge is 0.497 e. The van der Waals surface area contributed by atoms with E-state index in [0.29, 0.717) is 25.5 Å². The van der Waals surface area contributed by atoms with Crippen molar-refractivity contribution in [1.82, 2.24) is 4.90 Å². The van der Waals surface area contributed by atoms with Crippen LogP contribution in [-0.4, -0.2) is 18.4 Å². The molecule has 0 aliphatic carbocycles. The summed E-state index contributed by atoms with van der Waals surface area (Å²) in [4.78, 5) is 13.2. The second kappa shape index (κ2) is 10.9. The average molecular weight is 380 g/mol. The van der Waals surface area contributed by atoms with Crippen molar-refractivity contribution < 1.29 is 14.3 Å². The van der Waals surface area contributed by atoms with Crippen molar-refractivity contribution in [2.45, 2.75) is 33.5 Å². The molecule has 0 bridgehead atoms. The van der Waals surface area contributed by atoms with Crippen LogP contribution in [0.25, 0.3) is 0 Å². The van der Waals surface area contributed by atoms with Crippen LogP contribution in [0, 0.1) is 0 Å². The predicted molar refractivity (Wildman–Crippen MR) is 111 cm³/mol. The second-order valence-electron chi connectivity index (χ2n) is 6.32. The maximum Gasteiger partial charge on any atom is 0.214 e. The molecule has 0 unspecified atom stereocenters. The predicted octanol–water partition coefficient (Wildman–Crippen LogP) is 4.14. The molecule has 5 heteroatoms. The van der Waals surface area contributed by atoms with Crippen LogP contribution in [0.3, 0.4) is 0 Å². The third-order valence-electron chi connectivity index (χ3n) is 4.46. The van der Waals surface area contributed by atoms with E-state index in [2.05, 4.69) is 0 Å². The number of methoxy groups -OCH3 is 1. The van der Waals surface area contributed by atoms with Crippen molar-refractivity contribution in [2.24, 2.45) is 5.73 Å². The number of benzene rings is 2. The summed E-state index contributed by atoms with van der Waals surface area (Å²) >= 11 is 0. The maximum atomic E-state index is 11.6. The topological polar surface area (TPSA) is 64.8 Å². The molecule has 2 rings (SSSR count). The van der Waals surface area contributed by atoms with E-state index < -0.39 is 0 Å². The van der Waals surface area contributed by atoms with Crippen LogP contribution in [-0.2, 0) is 29.2 Å². The van der Waals surface area contributed by atoms with Gasteiger partial charge in [0.1, 0.15) is 18.1 Å². The number of nitrogens with two attached hydrogens (primary N) is 1. The fraction of sp³-hybridized carbons (Fsp3) is 0.261. The van der Waals surface area contributed by atoms with Crippen LogP contribution in [0.4, 0.5) is 0 Å². The molecule has 2 aromatic rings. The second-order valence-corrected chi connectivity index (χ2v) is 6.32. The first-order valence-electron chi connectivity index (χ1n) is 9.20. The van der Waals surface area contributed by atoms with Crippen molar-refractivity contribution in [3.05, 3.63) is 88.8 Å². The Morgan fingerprint density at radius 3 is 2.36 bits per heavy atom. The van der Waals surface area contributed by atoms with Gasteiger partial charge >= 0.3 is 0 Å². The number of nitrogens with zero attached hydrogens (tertiary/aromatic N) is 1. The molecular weight excluding hydrogens is 352 g/mol. The van der Waals surface area contributed by atoms with Crippen LogP contribution in [0.15, 0.2) is 72.1 Å². The summed E-state index contributed by atoms with van der Waals surface area (Å²) in [5, 5.41) is 0. The van der Waals surface area contributed by atoms with E-state index >= 15 is 0 Å². The highest BCUT2D eigenvalue weighted by Gasteiger charge is 2.08. The van der Waals surface area contributed by atoms with Gasteiger partial charge < -0.3 is 20.1 Å². The van der Waals surface area contributed by atoms with Crippen LogP contribution < -0.4 is 10.5 Å². The van der Waals surface area contributed by atoms with Gasteiger partial charge in [-0.15, -0.1) is 0 Å². The van der Waals surface area contributed by atoms with E-state index in [1.165, 1.54) is 0 Å². The number of allylic oxidation sites excluding steroid dienone is 3. The van der Waals surface area contributed by atoms with Crippen molar-refractivity contribution in [1.29, 1.82) is 0 Å². The van der Waals surface area contributed by atoms with E-state index in [0.717, 1.165) is 34.5 Å². The highest BCUT2D eigenvalue weighted by molar-refractivity contribution is 5.51. The molecular formula is C23H28N2O3. The molecule has 0 saturated heterocycles. The van der Waals surface area contributed by atoms with E-state index in [1.54, 1.807) is 12.0 Å². The molecule has 0 atom stereocenters. The molecule has 148 valence electrons. The first-order valence-corrected chi connectivity index (χ1v) is 9.20. The smallest absolute Gasteiger partial charge is 0.214 e. The van der Waals surface area contributed by atoms with Gasteiger partial charge in [0.2, 0.25) is 6.41 Å². The summed E-state index contributed by atoms with van der Waals surface area (Å²) in [5.41, 5.74) is 9.71. The molecule has 0 fully saturated rings. The molecule has 0 aliphatic heterocycles. The fourth-order valence-corrected chi connectivity index (χ4v) is 2.73. The Balaban J connectivity index is 2.05. The van der Waals surface area contributed by atoms with Gasteiger partial charge in [0.05, 0.1) is 13.7 Å². The van der Waals surface area contributed by atoms with Crippen LogP contribution in [0.1, 0.15) is 30.5 Å². The molecule has 2 N–H and O–H groups in total. The number of hydrogen-bond acceptors (Lipinski definition) is 4. The molecule has 0 radical (unpaired) electrons. The molecule has 0 heterocycles. The molecule has 2 aromatic carbocycles. The average Bonchev–Trinajstić information content (AvgIpc) is 2.75. The van der Waals surface area contributed by atoms with E-state index in [4.69, 9.17) is 15.2 Å². The first-order chi connectivity index (χ1) is 13.6. The Hall–Kier alpha value is -3.05. The summed E-state index contributed by atoms with van der Waals surface area (Å²) < 4.78 is 11.1. The Morgan fingerprint density at radius 2 is 1.79 bits per heavy atom. The zero-order valence-electron chi connectivity index (χ0n) is 16.7. The number of hydrogen-bond donors (Lipinski definition) is 1. The third kappa shape index (κ3) is 5.99. The number of amides is 1. The standard InChI is InChI=1S/C23H28N2O3/c1-4-22(28-16-21-8-6-5-7-20(21)14-24)13-18(2)25(17-26)15-19-9-11-23(27-3)12-10-19/h4-13,17H,14-16,24H2,1-3H3/b18-13-,22-4+. The normalized spacial score (nSPS) is 11.9. The van der Waals surface area contributed by atoms with E-state index in [-0.39, 0.29) is 0 Å². The molecule has 0 aliphatic rings. The lowest BCUT2D eigenvalue weighted by atomic mass is 10.1. The van der Waals surface area contributed by atoms with Crippen LogP contribution in [0.5, 0.6) is 5.75 Å². The summed E-state index contributed by atoms with van der Waals surface area (Å²) in [6.07, 6.45) is 4.57. The summed E-state index contributed by atoms with van der Waals surface area (Å²) in [6, 6.07) is 15.6. The van der Waals surface area contributed by atoms with E-state index in [9.17, 15) is 4.79 Å². The maximum absolute atomic E-state index is 11.6. The SMILES string of the molecule is C/C=C(\C=C(\C)N(C=O)Cc1ccc(OC)cc1)OCc1ccccc1CN. The zero-order valence-corrected chi connectivity index (χ0v) is 16.7. The Bertz CT molecular complexity index is 826. The van der Waals surface area contributed by atoms with Gasteiger partial charge in [0.25, 0.3) is 0 Å². The number of carbonyl (C=O) groups is 1. The molecule has 0 spiro atoms. The number of ether oxygens (including phenoxy) is 2. The molecule has 1 amide bonds. The van der Waals surface area contributed by atoms with Gasteiger partial charge in [-0.25, -0.2) is 0 Å². The lowest BCUT2D eigenvalue weighted by Crippen LogP contribution is -2.19.